The van der Waals surface area contributed by atoms with Crippen molar-refractivity contribution in [2.75, 3.05) is 55.5 Å². The fourth-order valence-corrected chi connectivity index (χ4v) is 6.14. The quantitative estimate of drug-likeness (QED) is 0.398. The molecule has 1 fully saturated rings. The number of allylic oxidation sites excluding steroid dienone is 1. The molecule has 4 heterocycles. The molecule has 1 saturated heterocycles. The highest BCUT2D eigenvalue weighted by Gasteiger charge is 2.33. The molecule has 1 unspecified atom stereocenters. The molecule has 2 aliphatic rings. The topological polar surface area (TPSA) is 195 Å². The van der Waals surface area contributed by atoms with Crippen LogP contribution in [-0.2, 0) is 9.53 Å². The van der Waals surface area contributed by atoms with E-state index < -0.39 is 0 Å². The van der Waals surface area contributed by atoms with Gasteiger partial charge in [-0.3, -0.25) is 15.1 Å². The van der Waals surface area contributed by atoms with Crippen LogP contribution in [0, 0.1) is 45.3 Å². The maximum absolute atomic E-state index is 13.4. The van der Waals surface area contributed by atoms with E-state index in [4.69, 9.17) is 15.7 Å². The van der Waals surface area contributed by atoms with Crippen molar-refractivity contribution in [3.8, 4) is 24.3 Å². The Morgan fingerprint density at radius 2 is 1.64 bits per heavy atom. The first-order valence-corrected chi connectivity index (χ1v) is 14.9. The molecule has 15 heteroatoms. The number of amides is 1. The van der Waals surface area contributed by atoms with Gasteiger partial charge in [0.1, 0.15) is 40.1 Å². The summed E-state index contributed by atoms with van der Waals surface area (Å²) in [5, 5.41) is 41.9. The Bertz CT molecular complexity index is 1560. The van der Waals surface area contributed by atoms with Gasteiger partial charge in [0.05, 0.1) is 53.0 Å². The molecule has 1 atom stereocenters. The highest BCUT2D eigenvalue weighted by atomic mass is 32.2. The monoisotopic (exact) mass is 601 g/mol. The molecule has 214 valence electrons. The Morgan fingerprint density at radius 3 is 2.29 bits per heavy atom. The van der Waals surface area contributed by atoms with Gasteiger partial charge < -0.3 is 10.5 Å². The zero-order chi connectivity index (χ0) is 30.2. The molecule has 2 aromatic rings. The summed E-state index contributed by atoms with van der Waals surface area (Å²) in [6.45, 7) is 7.57. The number of nitrogens with zero attached hydrogens (tertiary/aromatic N) is 9. The maximum Gasteiger partial charge on any atom is 0.253 e. The lowest BCUT2D eigenvalue weighted by Crippen LogP contribution is -2.49. The van der Waals surface area contributed by atoms with E-state index in [1.165, 1.54) is 34.0 Å². The van der Waals surface area contributed by atoms with Gasteiger partial charge in [0.15, 0.2) is 5.82 Å². The van der Waals surface area contributed by atoms with Gasteiger partial charge in [-0.15, -0.1) is 11.8 Å². The second kappa shape index (κ2) is 13.9. The van der Waals surface area contributed by atoms with E-state index in [0.717, 1.165) is 31.4 Å². The third kappa shape index (κ3) is 6.85. The molecule has 3 N–H and O–H groups in total. The number of nitrogen functional groups attached to an aromatic ring is 1. The second-order valence-corrected chi connectivity index (χ2v) is 11.3. The number of nitrogens with one attached hydrogen (secondary N) is 1. The third-order valence-electron chi connectivity index (χ3n) is 6.45. The number of morpholine rings is 1. The normalized spacial score (nSPS) is 16.6. The number of anilines is 2. The molecule has 13 nitrogen and oxygen atoms in total. The molecule has 0 aromatic carbocycles. The summed E-state index contributed by atoms with van der Waals surface area (Å²) >= 11 is 2.47. The molecule has 0 aliphatic carbocycles. The van der Waals surface area contributed by atoms with Gasteiger partial charge in [-0.05, 0) is 32.1 Å². The van der Waals surface area contributed by atoms with E-state index in [9.17, 15) is 20.6 Å². The van der Waals surface area contributed by atoms with Crippen molar-refractivity contribution in [3.63, 3.8) is 0 Å². The molecule has 0 saturated carbocycles. The van der Waals surface area contributed by atoms with Crippen molar-refractivity contribution in [2.24, 2.45) is 0 Å². The van der Waals surface area contributed by atoms with Crippen molar-refractivity contribution in [1.29, 1.82) is 21.0 Å². The predicted octanol–water partition coefficient (Wildman–Crippen LogP) is 2.44. The summed E-state index contributed by atoms with van der Waals surface area (Å²) in [6, 6.07) is 10.6. The van der Waals surface area contributed by atoms with Crippen LogP contribution in [0.25, 0.3) is 0 Å². The number of pyridine rings is 2. The van der Waals surface area contributed by atoms with Crippen LogP contribution < -0.4 is 11.2 Å². The van der Waals surface area contributed by atoms with Crippen LogP contribution in [0.2, 0.25) is 0 Å². The molecule has 1 amide bonds. The van der Waals surface area contributed by atoms with Gasteiger partial charge in [0.25, 0.3) is 5.91 Å². The lowest BCUT2D eigenvalue weighted by Gasteiger charge is -2.34. The lowest BCUT2D eigenvalue weighted by atomic mass is 10.2. The Labute approximate surface area is 252 Å². The van der Waals surface area contributed by atoms with E-state index in [1.807, 2.05) is 32.1 Å². The van der Waals surface area contributed by atoms with Crippen molar-refractivity contribution < 1.29 is 9.53 Å². The molecule has 2 aliphatic heterocycles. The van der Waals surface area contributed by atoms with Gasteiger partial charge in [-0.2, -0.15) is 26.2 Å². The smallest absolute Gasteiger partial charge is 0.253 e. The summed E-state index contributed by atoms with van der Waals surface area (Å²) in [7, 11) is 0. The average molecular weight is 602 g/mol. The number of nitrogens with two attached hydrogens (primary N) is 1. The van der Waals surface area contributed by atoms with Crippen molar-refractivity contribution in [3.05, 3.63) is 46.2 Å². The first-order valence-electron chi connectivity index (χ1n) is 12.9. The van der Waals surface area contributed by atoms with Crippen LogP contribution in [0.4, 0.5) is 11.6 Å². The summed E-state index contributed by atoms with van der Waals surface area (Å²) in [4.78, 5) is 24.5. The summed E-state index contributed by atoms with van der Waals surface area (Å²) < 4.78 is 5.40. The number of rotatable bonds is 9. The number of nitriles is 4. The van der Waals surface area contributed by atoms with Gasteiger partial charge >= 0.3 is 0 Å². The van der Waals surface area contributed by atoms with E-state index in [1.54, 1.807) is 0 Å². The molecular formula is C27H27N11O2S2. The summed E-state index contributed by atoms with van der Waals surface area (Å²) in [6.07, 6.45) is 1.88. The molecule has 0 bridgehead atoms. The highest BCUT2D eigenvalue weighted by molar-refractivity contribution is 8.00. The third-order valence-corrected chi connectivity index (χ3v) is 8.40. The van der Waals surface area contributed by atoms with E-state index in [-0.39, 0.29) is 51.1 Å². The molecule has 0 radical (unpaired) electrons. The summed E-state index contributed by atoms with van der Waals surface area (Å²) in [5.41, 5.74) is 10.3. The zero-order valence-electron chi connectivity index (χ0n) is 23.0. The minimum atomic E-state index is -0.327. The van der Waals surface area contributed by atoms with Crippen LogP contribution in [0.5, 0.6) is 0 Å². The van der Waals surface area contributed by atoms with Crippen LogP contribution in [0.15, 0.2) is 34.0 Å². The van der Waals surface area contributed by atoms with Crippen LogP contribution in [-0.4, -0.2) is 81.3 Å². The van der Waals surface area contributed by atoms with E-state index in [2.05, 4.69) is 32.4 Å². The number of thioether (sulfide) groups is 2. The number of hydrogen-bond donors (Lipinski definition) is 2. The van der Waals surface area contributed by atoms with Crippen molar-refractivity contribution >= 4 is 41.1 Å². The Kier molecular flexibility index (Phi) is 10.1. The second-order valence-electron chi connectivity index (χ2n) is 9.26. The lowest BCUT2D eigenvalue weighted by molar-refractivity contribution is -0.141. The molecule has 42 heavy (non-hydrogen) atoms. The maximum atomic E-state index is 13.4. The van der Waals surface area contributed by atoms with Crippen LogP contribution >= 0.6 is 23.5 Å². The minimum Gasteiger partial charge on any atom is -0.383 e. The minimum absolute atomic E-state index is 0.0173. The van der Waals surface area contributed by atoms with Crippen molar-refractivity contribution in [2.45, 2.75) is 29.9 Å². The number of aromatic nitrogens is 2. The number of hydrazine groups is 2. The van der Waals surface area contributed by atoms with E-state index in [0.29, 0.717) is 35.3 Å². The van der Waals surface area contributed by atoms with E-state index >= 15 is 0 Å². The van der Waals surface area contributed by atoms with Crippen molar-refractivity contribution in [1.82, 2.24) is 25.0 Å². The number of ether oxygens (including phenoxy) is 1. The Hall–Kier alpha value is -4.51. The largest absolute Gasteiger partial charge is 0.383 e. The fraction of sp³-hybridized carbons (Fsp3) is 0.370. The van der Waals surface area contributed by atoms with Crippen LogP contribution in [0.3, 0.4) is 0 Å². The Balaban J connectivity index is 1.51. The number of carbonyl (C=O) groups excluding carboxylic acids is 1. The summed E-state index contributed by atoms with van der Waals surface area (Å²) in [5.74, 6) is 0.509. The van der Waals surface area contributed by atoms with Gasteiger partial charge in [0, 0.05) is 25.4 Å². The number of hydrogen-bond acceptors (Lipinski definition) is 14. The zero-order valence-corrected chi connectivity index (χ0v) is 24.6. The highest BCUT2D eigenvalue weighted by Crippen LogP contribution is 2.30. The Morgan fingerprint density at radius 1 is 1.02 bits per heavy atom. The van der Waals surface area contributed by atoms with Gasteiger partial charge in [-0.1, -0.05) is 11.8 Å². The first kappa shape index (κ1) is 30.4. The predicted molar refractivity (Wildman–Crippen MR) is 156 cm³/mol. The van der Waals surface area contributed by atoms with Gasteiger partial charge in [-0.25, -0.2) is 15.0 Å². The molecule has 2 aromatic heterocycles. The standard InChI is InChI=1S/C27H27N11O2S2/c1-17-9-18(2)38(37(17)23(39)16-42-26-21(14-30)10-19(12-28)24(32)33-26)35-25-20(13-29)11-22(15-31)27(34-25)41-8-5-36-3-6-40-7-4-36/h9-11,17H,3-8,16H2,1-2H3,(H2,32,33)(H,34,35). The van der Waals surface area contributed by atoms with Crippen LogP contribution in [0.1, 0.15) is 36.1 Å². The molecule has 4 rings (SSSR count). The first-order chi connectivity index (χ1) is 20.3. The number of carbonyl (C=O) groups is 1. The average Bonchev–Trinajstić information content (AvgIpc) is 3.28. The SMILES string of the molecule is CC1=CC(C)N(C(=O)CSc2nc(N)c(C#N)cc2C#N)N1Nc1nc(SCCN2CCOCC2)c(C#N)cc1C#N. The molecule has 0 spiro atoms. The molecular weight excluding hydrogens is 575 g/mol. The van der Waals surface area contributed by atoms with Gasteiger partial charge in [0.2, 0.25) is 0 Å². The fourth-order valence-electron chi connectivity index (χ4n) is 4.36.